The highest BCUT2D eigenvalue weighted by Crippen LogP contribution is 2.43. The lowest BCUT2D eigenvalue weighted by atomic mass is 10.0. The van der Waals surface area contributed by atoms with Crippen molar-refractivity contribution in [3.05, 3.63) is 80.5 Å². The Morgan fingerprint density at radius 2 is 2.03 bits per heavy atom. The number of H-pyrrole nitrogens is 1. The Labute approximate surface area is 167 Å². The predicted octanol–water partition coefficient (Wildman–Crippen LogP) is 3.77. The van der Waals surface area contributed by atoms with Crippen LogP contribution in [0.5, 0.6) is 0 Å². The van der Waals surface area contributed by atoms with Crippen molar-refractivity contribution < 1.29 is 13.7 Å². The summed E-state index contributed by atoms with van der Waals surface area (Å²) >= 11 is 0. The Hall–Kier alpha value is -4.08. The third-order valence-electron chi connectivity index (χ3n) is 5.23. The first kappa shape index (κ1) is 18.0. The number of halogens is 2. The average molecular weight is 409 g/mol. The number of hydrogen-bond acceptors (Lipinski definition) is 5. The van der Waals surface area contributed by atoms with Crippen molar-refractivity contribution in [2.45, 2.75) is 6.54 Å². The summed E-state index contributed by atoms with van der Waals surface area (Å²) in [4.78, 5) is 32.1. The first-order valence-corrected chi connectivity index (χ1v) is 8.92. The molecule has 5 rings (SSSR count). The zero-order chi connectivity index (χ0) is 21.2. The number of nitrogens with one attached hydrogen (secondary N) is 1. The SMILES string of the molecule is Cn1cc2c3c(c[nH]c3c1=O)CN(c1ccc(F)cc1F)c1ncc([N+](=O)[O-])cc1-2. The summed E-state index contributed by atoms with van der Waals surface area (Å²) in [7, 11) is 1.57. The van der Waals surface area contributed by atoms with Crippen LogP contribution in [0.4, 0.5) is 26.0 Å². The number of anilines is 2. The number of hydrogen-bond donors (Lipinski definition) is 1. The molecule has 0 fully saturated rings. The molecule has 0 saturated carbocycles. The minimum atomic E-state index is -0.797. The lowest BCUT2D eigenvalue weighted by Crippen LogP contribution is -2.19. The fraction of sp³-hybridized carbons (Fsp3) is 0.100. The molecule has 0 spiro atoms. The van der Waals surface area contributed by atoms with E-state index in [1.165, 1.54) is 21.6 Å². The van der Waals surface area contributed by atoms with E-state index in [9.17, 15) is 23.7 Å². The van der Waals surface area contributed by atoms with Gasteiger partial charge in [0.2, 0.25) is 0 Å². The lowest BCUT2D eigenvalue weighted by molar-refractivity contribution is -0.385. The van der Waals surface area contributed by atoms with Gasteiger partial charge in [-0.15, -0.1) is 0 Å². The topological polar surface area (TPSA) is 97.1 Å². The molecule has 150 valence electrons. The van der Waals surface area contributed by atoms with Crippen LogP contribution < -0.4 is 10.5 Å². The number of aromatic nitrogens is 3. The summed E-state index contributed by atoms with van der Waals surface area (Å²) in [5, 5.41) is 12.0. The van der Waals surface area contributed by atoms with Gasteiger partial charge in [0.05, 0.1) is 17.2 Å². The standard InChI is InChI=1S/C20H13F2N5O3/c1-25-9-14-13-5-12(27(29)30)7-24-19(13)26(16-3-2-11(21)4-15(16)22)8-10-6-23-18(17(10)14)20(25)28/h2-7,9,23H,8H2,1H3. The largest absolute Gasteiger partial charge is 0.356 e. The smallest absolute Gasteiger partial charge is 0.288 e. The molecule has 1 aliphatic rings. The molecule has 4 heterocycles. The maximum absolute atomic E-state index is 14.7. The molecule has 10 heteroatoms. The molecule has 0 saturated heterocycles. The monoisotopic (exact) mass is 409 g/mol. The fourth-order valence-corrected chi connectivity index (χ4v) is 3.87. The van der Waals surface area contributed by atoms with E-state index in [-0.39, 0.29) is 29.3 Å². The van der Waals surface area contributed by atoms with Crippen LogP contribution in [0, 0.1) is 21.7 Å². The molecular formula is C20H13F2N5O3. The molecule has 0 aliphatic carbocycles. The summed E-state index contributed by atoms with van der Waals surface area (Å²) in [6, 6.07) is 4.53. The quantitative estimate of drug-likeness (QED) is 0.402. The van der Waals surface area contributed by atoms with Crippen molar-refractivity contribution in [3.63, 3.8) is 0 Å². The van der Waals surface area contributed by atoms with Gasteiger partial charge < -0.3 is 14.5 Å². The molecule has 3 aromatic heterocycles. The predicted molar refractivity (Wildman–Crippen MR) is 106 cm³/mol. The highest BCUT2D eigenvalue weighted by Gasteiger charge is 2.29. The van der Waals surface area contributed by atoms with E-state index in [2.05, 4.69) is 9.97 Å². The minimum absolute atomic E-state index is 0.0629. The molecule has 1 aromatic carbocycles. The van der Waals surface area contributed by atoms with Gasteiger partial charge in [-0.25, -0.2) is 13.8 Å². The Bertz CT molecular complexity index is 1430. The van der Waals surface area contributed by atoms with E-state index in [4.69, 9.17) is 0 Å². The van der Waals surface area contributed by atoms with Crippen LogP contribution in [0.15, 0.2) is 47.7 Å². The third-order valence-corrected chi connectivity index (χ3v) is 5.23. The number of fused-ring (bicyclic) bond motifs is 2. The number of benzene rings is 1. The van der Waals surface area contributed by atoms with Gasteiger partial charge in [0.25, 0.3) is 11.2 Å². The van der Waals surface area contributed by atoms with E-state index >= 15 is 0 Å². The summed E-state index contributed by atoms with van der Waals surface area (Å²) < 4.78 is 29.5. The van der Waals surface area contributed by atoms with Gasteiger partial charge in [0.1, 0.15) is 29.2 Å². The van der Waals surface area contributed by atoms with E-state index in [1.807, 2.05) is 0 Å². The van der Waals surface area contributed by atoms with Crippen molar-refractivity contribution in [1.29, 1.82) is 0 Å². The van der Waals surface area contributed by atoms with Gasteiger partial charge in [0.15, 0.2) is 0 Å². The zero-order valence-electron chi connectivity index (χ0n) is 15.5. The van der Waals surface area contributed by atoms with Crippen molar-refractivity contribution in [2.24, 2.45) is 7.05 Å². The van der Waals surface area contributed by atoms with Gasteiger partial charge in [-0.05, 0) is 17.7 Å². The van der Waals surface area contributed by atoms with Gasteiger partial charge in [0, 0.05) is 48.1 Å². The second kappa shape index (κ2) is 6.21. The molecule has 1 N–H and O–H groups in total. The molecule has 0 amide bonds. The van der Waals surface area contributed by atoms with Crippen LogP contribution in [0.2, 0.25) is 0 Å². The molecule has 0 atom stereocenters. The first-order chi connectivity index (χ1) is 14.3. The number of aromatic amines is 1. The van der Waals surface area contributed by atoms with Crippen LogP contribution in [-0.4, -0.2) is 19.5 Å². The molecule has 1 aliphatic heterocycles. The van der Waals surface area contributed by atoms with Gasteiger partial charge in [-0.2, -0.15) is 0 Å². The van der Waals surface area contributed by atoms with Gasteiger partial charge >= 0.3 is 0 Å². The second-order valence-electron chi connectivity index (χ2n) is 7.03. The van der Waals surface area contributed by atoms with Crippen molar-refractivity contribution in [3.8, 4) is 11.1 Å². The maximum Gasteiger partial charge on any atom is 0.288 e. The van der Waals surface area contributed by atoms with E-state index in [0.717, 1.165) is 18.3 Å². The second-order valence-corrected chi connectivity index (χ2v) is 7.03. The van der Waals surface area contributed by atoms with Gasteiger partial charge in [-0.3, -0.25) is 14.9 Å². The van der Waals surface area contributed by atoms with Crippen molar-refractivity contribution >= 4 is 28.1 Å². The van der Waals surface area contributed by atoms with Crippen LogP contribution in [-0.2, 0) is 13.6 Å². The van der Waals surface area contributed by atoms with Crippen molar-refractivity contribution in [1.82, 2.24) is 14.5 Å². The zero-order valence-corrected chi connectivity index (χ0v) is 15.5. The Balaban J connectivity index is 1.88. The molecule has 30 heavy (non-hydrogen) atoms. The molecule has 8 nitrogen and oxygen atoms in total. The highest BCUT2D eigenvalue weighted by atomic mass is 19.1. The Kier molecular flexibility index (Phi) is 3.72. The van der Waals surface area contributed by atoms with Crippen LogP contribution in [0.25, 0.3) is 22.0 Å². The number of pyridine rings is 2. The number of rotatable bonds is 2. The third kappa shape index (κ3) is 2.50. The normalized spacial score (nSPS) is 12.7. The van der Waals surface area contributed by atoms with Crippen LogP contribution in [0.3, 0.4) is 0 Å². The number of aryl methyl sites for hydroxylation is 1. The summed E-state index contributed by atoms with van der Waals surface area (Å²) in [5.74, 6) is -1.26. The number of nitro groups is 1. The average Bonchev–Trinajstić information content (AvgIpc) is 3.07. The van der Waals surface area contributed by atoms with E-state index < -0.39 is 16.6 Å². The molecule has 0 radical (unpaired) electrons. The molecule has 4 aromatic rings. The minimum Gasteiger partial charge on any atom is -0.356 e. The first-order valence-electron chi connectivity index (χ1n) is 8.92. The molecule has 0 bridgehead atoms. The lowest BCUT2D eigenvalue weighted by Gasteiger charge is -2.24. The van der Waals surface area contributed by atoms with Gasteiger partial charge in [-0.1, -0.05) is 0 Å². The Morgan fingerprint density at radius 1 is 1.23 bits per heavy atom. The molecular weight excluding hydrogens is 396 g/mol. The van der Waals surface area contributed by atoms with E-state index in [1.54, 1.807) is 19.4 Å². The van der Waals surface area contributed by atoms with Crippen LogP contribution in [0.1, 0.15) is 5.56 Å². The maximum atomic E-state index is 14.7. The van der Waals surface area contributed by atoms with E-state index in [0.29, 0.717) is 27.6 Å². The molecule has 0 unspecified atom stereocenters. The summed E-state index contributed by atoms with van der Waals surface area (Å²) in [6.07, 6.45) is 4.32. The van der Waals surface area contributed by atoms with Crippen molar-refractivity contribution in [2.75, 3.05) is 4.90 Å². The number of nitrogens with zero attached hydrogens (tertiary/aromatic N) is 4. The summed E-state index contributed by atoms with van der Waals surface area (Å²) in [6.45, 7) is 0.126. The summed E-state index contributed by atoms with van der Waals surface area (Å²) in [5.41, 5.74) is 1.50. The fourth-order valence-electron chi connectivity index (χ4n) is 3.87. The highest BCUT2D eigenvalue weighted by molar-refractivity contribution is 6.02. The van der Waals surface area contributed by atoms with Crippen LogP contribution >= 0.6 is 0 Å². The Morgan fingerprint density at radius 3 is 2.77 bits per heavy atom.